The Morgan fingerprint density at radius 1 is 1.35 bits per heavy atom. The van der Waals surface area contributed by atoms with Gasteiger partial charge in [0.05, 0.1) is 19.3 Å². The van der Waals surface area contributed by atoms with E-state index >= 15 is 0 Å². The first kappa shape index (κ1) is 15.8. The van der Waals surface area contributed by atoms with E-state index in [1.165, 1.54) is 13.2 Å². The number of carbonyl (C=O) groups is 2. The lowest BCUT2D eigenvalue weighted by atomic mass is 10.1. The number of nitrogen functional groups attached to an aromatic ring is 1. The number of hydrogen-bond acceptors (Lipinski definition) is 6. The summed E-state index contributed by atoms with van der Waals surface area (Å²) in [7, 11) is 1.28. The average Bonchev–Trinajstić information content (AvgIpc) is 2.41. The number of aryl methyl sites for hydroxylation is 1. The standard InChI is InChI=1S/C14H19NO5/c1-5-19-14(17)10-6-8(2)12(7-11(10)15)20-9(3)13(16)18-4/h6-7,9H,5,15H2,1-4H3. The van der Waals surface area contributed by atoms with Crippen LogP contribution in [0.1, 0.15) is 29.8 Å². The van der Waals surface area contributed by atoms with Gasteiger partial charge < -0.3 is 19.9 Å². The molecule has 6 heteroatoms. The highest BCUT2D eigenvalue weighted by Crippen LogP contribution is 2.26. The van der Waals surface area contributed by atoms with Crippen molar-refractivity contribution in [2.45, 2.75) is 26.9 Å². The Morgan fingerprint density at radius 3 is 2.55 bits per heavy atom. The molecule has 1 atom stereocenters. The van der Waals surface area contributed by atoms with Crippen LogP contribution in [0, 0.1) is 6.92 Å². The number of nitrogens with two attached hydrogens (primary N) is 1. The molecule has 1 rings (SSSR count). The van der Waals surface area contributed by atoms with E-state index in [4.69, 9.17) is 15.2 Å². The summed E-state index contributed by atoms with van der Waals surface area (Å²) in [6.07, 6.45) is -0.758. The second kappa shape index (κ2) is 6.79. The molecule has 0 aliphatic heterocycles. The molecule has 0 saturated carbocycles. The molecule has 2 N–H and O–H groups in total. The van der Waals surface area contributed by atoms with Gasteiger partial charge in [0.2, 0.25) is 0 Å². The summed E-state index contributed by atoms with van der Waals surface area (Å²) in [5.41, 5.74) is 7.00. The summed E-state index contributed by atoms with van der Waals surface area (Å²) in [4.78, 5) is 23.0. The predicted molar refractivity (Wildman–Crippen MR) is 73.7 cm³/mol. The zero-order chi connectivity index (χ0) is 15.3. The Labute approximate surface area is 117 Å². The maximum Gasteiger partial charge on any atom is 0.346 e. The van der Waals surface area contributed by atoms with E-state index in [9.17, 15) is 9.59 Å². The molecule has 1 aromatic carbocycles. The molecule has 0 bridgehead atoms. The summed E-state index contributed by atoms with van der Waals surface area (Å²) in [5.74, 6) is -0.549. The number of anilines is 1. The van der Waals surface area contributed by atoms with Gasteiger partial charge in [0.25, 0.3) is 0 Å². The number of carbonyl (C=O) groups excluding carboxylic acids is 2. The monoisotopic (exact) mass is 281 g/mol. The molecule has 110 valence electrons. The van der Waals surface area contributed by atoms with Crippen molar-refractivity contribution in [2.24, 2.45) is 0 Å². The maximum atomic E-state index is 11.7. The van der Waals surface area contributed by atoms with E-state index in [0.717, 1.165) is 0 Å². The SMILES string of the molecule is CCOC(=O)c1cc(C)c(OC(C)C(=O)OC)cc1N. The number of rotatable bonds is 5. The Hall–Kier alpha value is -2.24. The quantitative estimate of drug-likeness (QED) is 0.652. The molecule has 0 spiro atoms. The van der Waals surface area contributed by atoms with Crippen LogP contribution in [0.25, 0.3) is 0 Å². The van der Waals surface area contributed by atoms with Crippen molar-refractivity contribution < 1.29 is 23.8 Å². The first-order chi connectivity index (χ1) is 9.40. The number of esters is 2. The van der Waals surface area contributed by atoms with Crippen LogP contribution < -0.4 is 10.5 Å². The lowest BCUT2D eigenvalue weighted by molar-refractivity contribution is -0.147. The highest BCUT2D eigenvalue weighted by Gasteiger charge is 2.19. The highest BCUT2D eigenvalue weighted by atomic mass is 16.6. The average molecular weight is 281 g/mol. The Morgan fingerprint density at radius 2 is 2.00 bits per heavy atom. The molecule has 0 saturated heterocycles. The van der Waals surface area contributed by atoms with E-state index in [-0.39, 0.29) is 17.9 Å². The molecule has 0 aromatic heterocycles. The van der Waals surface area contributed by atoms with Crippen molar-refractivity contribution in [3.05, 3.63) is 23.3 Å². The van der Waals surface area contributed by atoms with Crippen molar-refractivity contribution in [1.29, 1.82) is 0 Å². The van der Waals surface area contributed by atoms with Gasteiger partial charge in [-0.15, -0.1) is 0 Å². The van der Waals surface area contributed by atoms with Crippen molar-refractivity contribution >= 4 is 17.6 Å². The van der Waals surface area contributed by atoms with Gasteiger partial charge in [0.15, 0.2) is 6.10 Å². The fourth-order valence-corrected chi connectivity index (χ4v) is 1.62. The number of benzene rings is 1. The zero-order valence-corrected chi connectivity index (χ0v) is 12.1. The third kappa shape index (κ3) is 3.63. The fraction of sp³-hybridized carbons (Fsp3) is 0.429. The van der Waals surface area contributed by atoms with E-state index in [0.29, 0.717) is 11.3 Å². The van der Waals surface area contributed by atoms with Crippen molar-refractivity contribution in [1.82, 2.24) is 0 Å². The minimum atomic E-state index is -0.758. The third-order valence-corrected chi connectivity index (χ3v) is 2.68. The van der Waals surface area contributed by atoms with Gasteiger partial charge in [-0.1, -0.05) is 0 Å². The van der Waals surface area contributed by atoms with Crippen LogP contribution >= 0.6 is 0 Å². The van der Waals surface area contributed by atoms with Crippen molar-refractivity contribution in [3.63, 3.8) is 0 Å². The lowest BCUT2D eigenvalue weighted by Crippen LogP contribution is -2.25. The molecule has 0 aliphatic rings. The first-order valence-electron chi connectivity index (χ1n) is 6.22. The minimum Gasteiger partial charge on any atom is -0.479 e. The molecule has 6 nitrogen and oxygen atoms in total. The summed E-state index contributed by atoms with van der Waals surface area (Å²) in [6.45, 7) is 5.31. The van der Waals surface area contributed by atoms with Gasteiger partial charge in [-0.25, -0.2) is 9.59 Å². The van der Waals surface area contributed by atoms with Crippen LogP contribution in [0.3, 0.4) is 0 Å². The molecule has 0 amide bonds. The lowest BCUT2D eigenvalue weighted by Gasteiger charge is -2.16. The van der Waals surface area contributed by atoms with E-state index in [1.54, 1.807) is 26.8 Å². The zero-order valence-electron chi connectivity index (χ0n) is 12.1. The largest absolute Gasteiger partial charge is 0.479 e. The second-order valence-electron chi connectivity index (χ2n) is 4.21. The normalized spacial score (nSPS) is 11.6. The summed E-state index contributed by atoms with van der Waals surface area (Å²) in [6, 6.07) is 3.08. The van der Waals surface area contributed by atoms with Crippen LogP contribution in [0.4, 0.5) is 5.69 Å². The second-order valence-corrected chi connectivity index (χ2v) is 4.21. The van der Waals surface area contributed by atoms with Crippen LogP contribution in [0.15, 0.2) is 12.1 Å². The molecule has 0 aliphatic carbocycles. The van der Waals surface area contributed by atoms with E-state index in [2.05, 4.69) is 4.74 Å². The van der Waals surface area contributed by atoms with Crippen LogP contribution in [0.5, 0.6) is 5.75 Å². The molecule has 0 radical (unpaired) electrons. The summed E-state index contributed by atoms with van der Waals surface area (Å²) >= 11 is 0. The van der Waals surface area contributed by atoms with Crippen molar-refractivity contribution in [2.75, 3.05) is 19.5 Å². The predicted octanol–water partition coefficient (Wildman–Crippen LogP) is 1.69. The molecule has 1 aromatic rings. The Balaban J connectivity index is 2.99. The van der Waals surface area contributed by atoms with Gasteiger partial charge in [-0.05, 0) is 32.4 Å². The van der Waals surface area contributed by atoms with Gasteiger partial charge in [-0.2, -0.15) is 0 Å². The molecular formula is C14H19NO5. The number of methoxy groups -OCH3 is 1. The van der Waals surface area contributed by atoms with E-state index in [1.807, 2.05) is 0 Å². The van der Waals surface area contributed by atoms with Gasteiger partial charge >= 0.3 is 11.9 Å². The van der Waals surface area contributed by atoms with Crippen LogP contribution in [-0.4, -0.2) is 31.8 Å². The maximum absolute atomic E-state index is 11.7. The number of hydrogen-bond donors (Lipinski definition) is 1. The van der Waals surface area contributed by atoms with Crippen molar-refractivity contribution in [3.8, 4) is 5.75 Å². The van der Waals surface area contributed by atoms with Gasteiger partial charge in [-0.3, -0.25) is 0 Å². The Kier molecular flexibility index (Phi) is 5.37. The van der Waals surface area contributed by atoms with E-state index < -0.39 is 18.0 Å². The smallest absolute Gasteiger partial charge is 0.346 e. The Bertz CT molecular complexity index is 513. The van der Waals surface area contributed by atoms with Gasteiger partial charge in [0.1, 0.15) is 5.75 Å². The highest BCUT2D eigenvalue weighted by molar-refractivity contribution is 5.95. The number of ether oxygens (including phenoxy) is 3. The topological polar surface area (TPSA) is 87.8 Å². The third-order valence-electron chi connectivity index (χ3n) is 2.68. The van der Waals surface area contributed by atoms with Gasteiger partial charge in [0, 0.05) is 11.8 Å². The molecule has 0 heterocycles. The van der Waals surface area contributed by atoms with Crippen LogP contribution in [-0.2, 0) is 14.3 Å². The summed E-state index contributed by atoms with van der Waals surface area (Å²) < 4.78 is 15.0. The minimum absolute atomic E-state index is 0.237. The molecule has 1 unspecified atom stereocenters. The molecule has 0 fully saturated rings. The first-order valence-corrected chi connectivity index (χ1v) is 6.22. The fourth-order valence-electron chi connectivity index (χ4n) is 1.62. The van der Waals surface area contributed by atoms with Crippen LogP contribution in [0.2, 0.25) is 0 Å². The molecule has 20 heavy (non-hydrogen) atoms. The summed E-state index contributed by atoms with van der Waals surface area (Å²) in [5, 5.41) is 0. The molecular weight excluding hydrogens is 262 g/mol.